The lowest BCUT2D eigenvalue weighted by Gasteiger charge is -2.36. The summed E-state index contributed by atoms with van der Waals surface area (Å²) in [5.74, 6) is -0.0835. The smallest absolute Gasteiger partial charge is 0.254 e. The molecule has 1 N–H and O–H groups in total. The molecule has 154 valence electrons. The van der Waals surface area contributed by atoms with Gasteiger partial charge in [0.25, 0.3) is 5.91 Å². The van der Waals surface area contributed by atoms with E-state index in [0.29, 0.717) is 12.1 Å². The molecule has 1 aliphatic carbocycles. The number of hydrogen-bond acceptors (Lipinski definition) is 4. The van der Waals surface area contributed by atoms with Crippen LogP contribution in [0.25, 0.3) is 0 Å². The van der Waals surface area contributed by atoms with Crippen LogP contribution < -0.4 is 4.72 Å². The highest BCUT2D eigenvalue weighted by molar-refractivity contribution is 7.89. The molecule has 5 rings (SSSR count). The van der Waals surface area contributed by atoms with Crippen LogP contribution in [0.5, 0.6) is 0 Å². The number of benzene rings is 2. The number of amides is 1. The first kappa shape index (κ1) is 19.5. The van der Waals surface area contributed by atoms with E-state index in [2.05, 4.69) is 28.3 Å². The van der Waals surface area contributed by atoms with E-state index in [-0.39, 0.29) is 22.9 Å². The van der Waals surface area contributed by atoms with E-state index in [4.69, 9.17) is 0 Å². The summed E-state index contributed by atoms with van der Waals surface area (Å²) >= 11 is 1.74. The van der Waals surface area contributed by atoms with Crippen molar-refractivity contribution >= 4 is 27.3 Å². The summed E-state index contributed by atoms with van der Waals surface area (Å²) in [6.07, 6.45) is 2.60. The van der Waals surface area contributed by atoms with Gasteiger partial charge in [-0.05, 0) is 66.1 Å². The van der Waals surface area contributed by atoms with Crippen LogP contribution in [0.15, 0.2) is 70.9 Å². The van der Waals surface area contributed by atoms with Gasteiger partial charge >= 0.3 is 0 Å². The molecule has 1 saturated carbocycles. The fourth-order valence-corrected chi connectivity index (χ4v) is 6.17. The first-order chi connectivity index (χ1) is 14.5. The van der Waals surface area contributed by atoms with Gasteiger partial charge in [0, 0.05) is 23.0 Å². The van der Waals surface area contributed by atoms with Gasteiger partial charge < -0.3 is 4.90 Å². The highest BCUT2D eigenvalue weighted by Gasteiger charge is 2.33. The molecule has 5 nitrogen and oxygen atoms in total. The van der Waals surface area contributed by atoms with Crippen LogP contribution in [0.4, 0.5) is 0 Å². The molecule has 2 aliphatic rings. The minimum absolute atomic E-state index is 0.0519. The van der Waals surface area contributed by atoms with E-state index in [0.717, 1.165) is 24.8 Å². The van der Waals surface area contributed by atoms with E-state index in [1.165, 1.54) is 22.6 Å². The number of thiophene rings is 1. The molecule has 30 heavy (non-hydrogen) atoms. The number of nitrogens with zero attached hydrogens (tertiary/aromatic N) is 1. The van der Waals surface area contributed by atoms with Crippen LogP contribution in [0.1, 0.15) is 45.2 Å². The minimum atomic E-state index is -3.52. The number of rotatable bonds is 5. The molecule has 1 fully saturated rings. The third-order valence-corrected chi connectivity index (χ3v) is 8.19. The highest BCUT2D eigenvalue weighted by atomic mass is 32.2. The molecule has 1 atom stereocenters. The van der Waals surface area contributed by atoms with Gasteiger partial charge in [-0.1, -0.05) is 30.3 Å². The summed E-state index contributed by atoms with van der Waals surface area (Å²) in [6, 6.07) is 18.4. The zero-order valence-corrected chi connectivity index (χ0v) is 18.0. The van der Waals surface area contributed by atoms with Crippen LogP contribution in [0, 0.1) is 0 Å². The van der Waals surface area contributed by atoms with Crippen LogP contribution in [-0.2, 0) is 16.4 Å². The van der Waals surface area contributed by atoms with Crippen molar-refractivity contribution in [1.82, 2.24) is 9.62 Å². The summed E-state index contributed by atoms with van der Waals surface area (Å²) in [4.78, 5) is 16.8. The van der Waals surface area contributed by atoms with E-state index < -0.39 is 10.0 Å². The molecule has 2 heterocycles. The standard InChI is InChI=1S/C23H22N2O3S2/c26-23(17-6-10-19(11-7-17)30(27,28)24-18-8-9-18)25-14-12-21-20(13-15-29-21)22(25)16-4-2-1-3-5-16/h1-7,10-11,13,15,18,22,24H,8-9,12,14H2/t22-/m1/s1. The SMILES string of the molecule is O=C(c1ccc(S(=O)(=O)NC2CC2)cc1)N1CCc2sccc2[C@H]1c1ccccc1. The van der Waals surface area contributed by atoms with Crippen molar-refractivity contribution in [3.8, 4) is 0 Å². The molecule has 0 radical (unpaired) electrons. The van der Waals surface area contributed by atoms with Crippen LogP contribution in [0.2, 0.25) is 0 Å². The number of carbonyl (C=O) groups excluding carboxylic acids is 1. The van der Waals surface area contributed by atoms with Gasteiger partial charge in [-0.15, -0.1) is 11.3 Å². The van der Waals surface area contributed by atoms with Crippen LogP contribution >= 0.6 is 11.3 Å². The Morgan fingerprint density at radius 3 is 2.43 bits per heavy atom. The second-order valence-corrected chi connectivity index (χ2v) is 10.5. The molecule has 3 aromatic rings. The Kier molecular flexibility index (Phi) is 4.97. The average molecular weight is 439 g/mol. The first-order valence-electron chi connectivity index (χ1n) is 10.1. The van der Waals surface area contributed by atoms with E-state index in [9.17, 15) is 13.2 Å². The molecular weight excluding hydrogens is 416 g/mol. The van der Waals surface area contributed by atoms with Crippen molar-refractivity contribution in [2.24, 2.45) is 0 Å². The summed E-state index contributed by atoms with van der Waals surface area (Å²) in [5.41, 5.74) is 2.76. The molecular formula is C23H22N2O3S2. The van der Waals surface area contributed by atoms with Crippen LogP contribution in [0.3, 0.4) is 0 Å². The Bertz CT molecular complexity index is 1170. The lowest BCUT2D eigenvalue weighted by molar-refractivity contribution is 0.0696. The molecule has 0 unspecified atom stereocenters. The fraction of sp³-hybridized carbons (Fsp3) is 0.261. The van der Waals surface area contributed by atoms with Crippen molar-refractivity contribution < 1.29 is 13.2 Å². The predicted molar refractivity (Wildman–Crippen MR) is 117 cm³/mol. The molecule has 1 amide bonds. The van der Waals surface area contributed by atoms with Gasteiger partial charge in [-0.25, -0.2) is 13.1 Å². The molecule has 1 aliphatic heterocycles. The van der Waals surface area contributed by atoms with Gasteiger partial charge in [0.1, 0.15) is 0 Å². The van der Waals surface area contributed by atoms with Crippen molar-refractivity contribution in [3.63, 3.8) is 0 Å². The fourth-order valence-electron chi connectivity index (χ4n) is 3.96. The van der Waals surface area contributed by atoms with E-state index in [1.54, 1.807) is 23.5 Å². The number of sulfonamides is 1. The Hall–Kier alpha value is -2.48. The Labute approximate surface area is 180 Å². The zero-order chi connectivity index (χ0) is 20.7. The van der Waals surface area contributed by atoms with Crippen LogP contribution in [-0.4, -0.2) is 31.8 Å². The third kappa shape index (κ3) is 3.69. The topological polar surface area (TPSA) is 66.5 Å². The van der Waals surface area contributed by atoms with Gasteiger partial charge in [-0.2, -0.15) is 0 Å². The van der Waals surface area contributed by atoms with E-state index >= 15 is 0 Å². The Morgan fingerprint density at radius 2 is 1.73 bits per heavy atom. The van der Waals surface area contributed by atoms with Gasteiger partial charge in [-0.3, -0.25) is 4.79 Å². The largest absolute Gasteiger partial charge is 0.327 e. The van der Waals surface area contributed by atoms with Crippen molar-refractivity contribution in [1.29, 1.82) is 0 Å². The Morgan fingerprint density at radius 1 is 1.00 bits per heavy atom. The van der Waals surface area contributed by atoms with Gasteiger partial charge in [0.05, 0.1) is 10.9 Å². The summed E-state index contributed by atoms with van der Waals surface area (Å²) in [6.45, 7) is 0.634. The lowest BCUT2D eigenvalue weighted by atomic mass is 9.92. The maximum atomic E-state index is 13.4. The summed E-state index contributed by atoms with van der Waals surface area (Å²) in [7, 11) is -3.52. The monoisotopic (exact) mass is 438 g/mol. The molecule has 0 spiro atoms. The average Bonchev–Trinajstić information content (AvgIpc) is 3.44. The molecule has 2 aromatic carbocycles. The maximum absolute atomic E-state index is 13.4. The first-order valence-corrected chi connectivity index (χ1v) is 12.4. The molecule has 0 bridgehead atoms. The quantitative estimate of drug-likeness (QED) is 0.655. The Balaban J connectivity index is 1.45. The van der Waals surface area contributed by atoms with Gasteiger partial charge in [0.2, 0.25) is 10.0 Å². The zero-order valence-electron chi connectivity index (χ0n) is 16.3. The molecule has 1 aromatic heterocycles. The predicted octanol–water partition coefficient (Wildman–Crippen LogP) is 3.98. The second-order valence-electron chi connectivity index (χ2n) is 7.78. The third-order valence-electron chi connectivity index (χ3n) is 5.65. The lowest BCUT2D eigenvalue weighted by Crippen LogP contribution is -2.40. The number of nitrogens with one attached hydrogen (secondary N) is 1. The summed E-state index contributed by atoms with van der Waals surface area (Å²) in [5, 5.41) is 2.08. The van der Waals surface area contributed by atoms with Crippen molar-refractivity contribution in [2.45, 2.75) is 36.2 Å². The maximum Gasteiger partial charge on any atom is 0.254 e. The minimum Gasteiger partial charge on any atom is -0.327 e. The second kappa shape index (κ2) is 7.65. The van der Waals surface area contributed by atoms with E-state index in [1.807, 2.05) is 23.1 Å². The number of hydrogen-bond donors (Lipinski definition) is 1. The summed E-state index contributed by atoms with van der Waals surface area (Å²) < 4.78 is 27.5. The molecule has 7 heteroatoms. The highest BCUT2D eigenvalue weighted by Crippen LogP contribution is 2.38. The normalized spacial score (nSPS) is 18.8. The van der Waals surface area contributed by atoms with Gasteiger partial charge in [0.15, 0.2) is 0 Å². The molecule has 0 saturated heterocycles. The van der Waals surface area contributed by atoms with Crippen molar-refractivity contribution in [2.75, 3.05) is 6.54 Å². The van der Waals surface area contributed by atoms with Crippen molar-refractivity contribution in [3.05, 3.63) is 87.6 Å². The number of fused-ring (bicyclic) bond motifs is 1. The number of carbonyl (C=O) groups is 1.